The molecule has 1 saturated heterocycles. The van der Waals surface area contributed by atoms with E-state index in [9.17, 15) is 0 Å². The third-order valence-corrected chi connectivity index (χ3v) is 4.56. The van der Waals surface area contributed by atoms with Crippen LogP contribution in [0, 0.1) is 0 Å². The fourth-order valence-electron chi connectivity index (χ4n) is 2.62. The highest BCUT2D eigenvalue weighted by Gasteiger charge is 2.24. The normalized spacial score (nSPS) is 17.3. The predicted octanol–water partition coefficient (Wildman–Crippen LogP) is 4.49. The van der Waals surface area contributed by atoms with Crippen LogP contribution in [0.1, 0.15) is 0 Å². The van der Waals surface area contributed by atoms with Gasteiger partial charge in [0.25, 0.3) is 0 Å². The lowest BCUT2D eigenvalue weighted by Crippen LogP contribution is -2.04. The maximum atomic E-state index is 6.12. The Labute approximate surface area is 128 Å². The van der Waals surface area contributed by atoms with Crippen molar-refractivity contribution in [2.45, 2.75) is 11.0 Å². The molecule has 1 fully saturated rings. The topological polar surface area (TPSA) is 21.8 Å². The summed E-state index contributed by atoms with van der Waals surface area (Å²) < 4.78 is 11.4. The standard InChI is InChI=1S/C18H16O2S/c1-21-15-7-6-13-8-12-4-2-3-5-16(12)18(17(13)9-15)20-11-14-10-19-14/h2-9,14H,10-11H2,1H3. The molecule has 3 aromatic carbocycles. The average molecular weight is 296 g/mol. The van der Waals surface area contributed by atoms with E-state index in [1.807, 2.05) is 0 Å². The molecule has 106 valence electrons. The molecule has 3 aromatic rings. The monoisotopic (exact) mass is 296 g/mol. The number of thioether (sulfide) groups is 1. The Morgan fingerprint density at radius 1 is 1.10 bits per heavy atom. The molecular weight excluding hydrogens is 280 g/mol. The Balaban J connectivity index is 1.94. The number of fused-ring (bicyclic) bond motifs is 2. The minimum Gasteiger partial charge on any atom is -0.489 e. The molecule has 0 saturated carbocycles. The number of benzene rings is 3. The summed E-state index contributed by atoms with van der Waals surface area (Å²) in [6.45, 7) is 1.45. The van der Waals surface area contributed by atoms with Gasteiger partial charge in [0.15, 0.2) is 0 Å². The van der Waals surface area contributed by atoms with Gasteiger partial charge in [-0.3, -0.25) is 0 Å². The molecule has 1 aliphatic rings. The Hall–Kier alpha value is -1.71. The van der Waals surface area contributed by atoms with Gasteiger partial charge in [0.2, 0.25) is 0 Å². The highest BCUT2D eigenvalue weighted by Crippen LogP contribution is 2.37. The molecule has 1 unspecified atom stereocenters. The molecule has 0 aliphatic carbocycles. The minimum absolute atomic E-state index is 0.266. The SMILES string of the molecule is CSc1ccc2cc3ccccc3c(OCC3CO3)c2c1. The van der Waals surface area contributed by atoms with Gasteiger partial charge in [0.05, 0.1) is 6.61 Å². The smallest absolute Gasteiger partial charge is 0.135 e. The summed E-state index contributed by atoms with van der Waals surface area (Å²) in [5.74, 6) is 0.981. The predicted molar refractivity (Wildman–Crippen MR) is 88.5 cm³/mol. The van der Waals surface area contributed by atoms with Crippen LogP contribution in [-0.2, 0) is 4.74 Å². The van der Waals surface area contributed by atoms with Gasteiger partial charge in [-0.1, -0.05) is 30.3 Å². The molecule has 0 N–H and O–H groups in total. The lowest BCUT2D eigenvalue weighted by molar-refractivity contribution is 0.267. The molecular formula is C18H16O2S. The first-order valence-electron chi connectivity index (χ1n) is 7.09. The summed E-state index contributed by atoms with van der Waals surface area (Å²) >= 11 is 1.75. The van der Waals surface area contributed by atoms with Gasteiger partial charge in [0.1, 0.15) is 18.5 Å². The van der Waals surface area contributed by atoms with E-state index in [0.29, 0.717) is 6.61 Å². The number of hydrogen-bond acceptors (Lipinski definition) is 3. The van der Waals surface area contributed by atoms with Crippen LogP contribution in [0.5, 0.6) is 5.75 Å². The molecule has 21 heavy (non-hydrogen) atoms. The van der Waals surface area contributed by atoms with E-state index >= 15 is 0 Å². The molecule has 1 aliphatic heterocycles. The lowest BCUT2D eigenvalue weighted by atomic mass is 10.0. The summed E-state index contributed by atoms with van der Waals surface area (Å²) in [6.07, 6.45) is 2.36. The number of hydrogen-bond donors (Lipinski definition) is 0. The first-order chi connectivity index (χ1) is 10.3. The molecule has 0 amide bonds. The van der Waals surface area contributed by atoms with E-state index < -0.39 is 0 Å². The van der Waals surface area contributed by atoms with Crippen LogP contribution < -0.4 is 4.74 Å². The van der Waals surface area contributed by atoms with E-state index in [1.54, 1.807) is 11.8 Å². The van der Waals surface area contributed by atoms with E-state index in [-0.39, 0.29) is 6.10 Å². The number of rotatable bonds is 4. The Kier molecular flexibility index (Phi) is 3.24. The van der Waals surface area contributed by atoms with Gasteiger partial charge in [-0.25, -0.2) is 0 Å². The molecule has 0 aromatic heterocycles. The first kappa shape index (κ1) is 13.0. The van der Waals surface area contributed by atoms with Crippen molar-refractivity contribution < 1.29 is 9.47 Å². The van der Waals surface area contributed by atoms with Gasteiger partial charge in [-0.05, 0) is 35.2 Å². The first-order valence-corrected chi connectivity index (χ1v) is 8.31. The number of ether oxygens (including phenoxy) is 2. The van der Waals surface area contributed by atoms with Crippen LogP contribution in [0.4, 0.5) is 0 Å². The van der Waals surface area contributed by atoms with Crippen LogP contribution in [0.25, 0.3) is 21.5 Å². The van der Waals surface area contributed by atoms with Crippen LogP contribution in [0.2, 0.25) is 0 Å². The van der Waals surface area contributed by atoms with Crippen molar-refractivity contribution in [2.24, 2.45) is 0 Å². The summed E-state index contributed by atoms with van der Waals surface area (Å²) in [6, 6.07) is 17.2. The molecule has 2 nitrogen and oxygen atoms in total. The Morgan fingerprint density at radius 3 is 2.71 bits per heavy atom. The van der Waals surface area contributed by atoms with E-state index in [4.69, 9.17) is 9.47 Å². The highest BCUT2D eigenvalue weighted by molar-refractivity contribution is 7.98. The second-order valence-electron chi connectivity index (χ2n) is 5.28. The van der Waals surface area contributed by atoms with Gasteiger partial charge in [0, 0.05) is 15.7 Å². The van der Waals surface area contributed by atoms with Crippen LogP contribution >= 0.6 is 11.8 Å². The van der Waals surface area contributed by atoms with Gasteiger partial charge < -0.3 is 9.47 Å². The zero-order valence-corrected chi connectivity index (χ0v) is 12.7. The van der Waals surface area contributed by atoms with Crippen LogP contribution in [0.3, 0.4) is 0 Å². The molecule has 0 bridgehead atoms. The zero-order chi connectivity index (χ0) is 14.2. The third kappa shape index (κ3) is 2.47. The van der Waals surface area contributed by atoms with Crippen molar-refractivity contribution in [3.8, 4) is 5.75 Å². The Bertz CT molecular complexity index is 809. The molecule has 0 spiro atoms. The molecule has 3 heteroatoms. The average Bonchev–Trinajstić information content (AvgIpc) is 3.35. The van der Waals surface area contributed by atoms with Crippen molar-refractivity contribution in [2.75, 3.05) is 19.5 Å². The van der Waals surface area contributed by atoms with Gasteiger partial charge in [-0.15, -0.1) is 11.8 Å². The number of epoxide rings is 1. The summed E-state index contributed by atoms with van der Waals surface area (Å²) in [5, 5.41) is 4.79. The quantitative estimate of drug-likeness (QED) is 0.402. The minimum atomic E-state index is 0.266. The van der Waals surface area contributed by atoms with Gasteiger partial charge in [-0.2, -0.15) is 0 Å². The van der Waals surface area contributed by atoms with Crippen molar-refractivity contribution in [1.29, 1.82) is 0 Å². The molecule has 4 rings (SSSR count). The third-order valence-electron chi connectivity index (χ3n) is 3.84. The van der Waals surface area contributed by atoms with E-state index in [0.717, 1.165) is 12.4 Å². The fraction of sp³-hybridized carbons (Fsp3) is 0.222. The van der Waals surface area contributed by atoms with Crippen molar-refractivity contribution in [1.82, 2.24) is 0 Å². The molecule has 1 atom stereocenters. The lowest BCUT2D eigenvalue weighted by Gasteiger charge is -2.13. The van der Waals surface area contributed by atoms with Crippen molar-refractivity contribution in [3.63, 3.8) is 0 Å². The van der Waals surface area contributed by atoms with E-state index in [2.05, 4.69) is 54.8 Å². The van der Waals surface area contributed by atoms with Crippen LogP contribution in [0.15, 0.2) is 53.4 Å². The van der Waals surface area contributed by atoms with E-state index in [1.165, 1.54) is 26.4 Å². The fourth-order valence-corrected chi connectivity index (χ4v) is 3.06. The highest BCUT2D eigenvalue weighted by atomic mass is 32.2. The maximum Gasteiger partial charge on any atom is 0.135 e. The van der Waals surface area contributed by atoms with Crippen molar-refractivity contribution >= 4 is 33.3 Å². The van der Waals surface area contributed by atoms with Crippen molar-refractivity contribution in [3.05, 3.63) is 48.5 Å². The van der Waals surface area contributed by atoms with Crippen LogP contribution in [-0.4, -0.2) is 25.6 Å². The molecule has 0 radical (unpaired) electrons. The largest absolute Gasteiger partial charge is 0.489 e. The second kappa shape index (κ2) is 5.24. The second-order valence-corrected chi connectivity index (χ2v) is 6.16. The zero-order valence-electron chi connectivity index (χ0n) is 11.8. The summed E-state index contributed by atoms with van der Waals surface area (Å²) in [5.41, 5.74) is 0. The molecule has 1 heterocycles. The maximum absolute atomic E-state index is 6.12. The summed E-state index contributed by atoms with van der Waals surface area (Å²) in [7, 11) is 0. The Morgan fingerprint density at radius 2 is 1.90 bits per heavy atom. The summed E-state index contributed by atoms with van der Waals surface area (Å²) in [4.78, 5) is 1.25. The van der Waals surface area contributed by atoms with Gasteiger partial charge >= 0.3 is 0 Å².